The monoisotopic (exact) mass is 288 g/mol. The van der Waals surface area contributed by atoms with Crippen molar-refractivity contribution in [3.63, 3.8) is 0 Å². The van der Waals surface area contributed by atoms with E-state index in [2.05, 4.69) is 35.1 Å². The second-order valence-corrected chi connectivity index (χ2v) is 5.86. The van der Waals surface area contributed by atoms with Crippen molar-refractivity contribution >= 4 is 29.7 Å². The maximum absolute atomic E-state index is 11.8. The Labute approximate surface area is 119 Å². The van der Waals surface area contributed by atoms with Gasteiger partial charge in [0.1, 0.15) is 0 Å². The lowest BCUT2D eigenvalue weighted by Gasteiger charge is -2.14. The third-order valence-corrected chi connectivity index (χ3v) is 4.08. The smallest absolute Gasteiger partial charge is 0.224 e. The molecule has 0 aromatic carbocycles. The van der Waals surface area contributed by atoms with Crippen LogP contribution in [-0.4, -0.2) is 25.5 Å². The number of thiophene rings is 1. The molecular formula is C13H21ClN2OS. The zero-order valence-corrected chi connectivity index (χ0v) is 12.3. The van der Waals surface area contributed by atoms with Gasteiger partial charge in [-0.1, -0.05) is 13.0 Å². The van der Waals surface area contributed by atoms with E-state index < -0.39 is 0 Å². The molecule has 2 unspecified atom stereocenters. The molecule has 18 heavy (non-hydrogen) atoms. The van der Waals surface area contributed by atoms with Gasteiger partial charge in [0.05, 0.1) is 5.92 Å². The van der Waals surface area contributed by atoms with Crippen LogP contribution in [0, 0.1) is 11.8 Å². The molecule has 2 rings (SSSR count). The second kappa shape index (κ2) is 7.77. The van der Waals surface area contributed by atoms with Gasteiger partial charge in [-0.2, -0.15) is 0 Å². The van der Waals surface area contributed by atoms with Gasteiger partial charge in [0.15, 0.2) is 0 Å². The Kier molecular flexibility index (Phi) is 6.68. The number of carbonyl (C=O) groups is 1. The lowest BCUT2D eigenvalue weighted by Crippen LogP contribution is -2.35. The maximum atomic E-state index is 11.8. The van der Waals surface area contributed by atoms with E-state index in [0.717, 1.165) is 32.5 Å². The molecule has 1 aliphatic heterocycles. The molecule has 0 radical (unpaired) electrons. The van der Waals surface area contributed by atoms with Crippen LogP contribution in [0.1, 0.15) is 18.2 Å². The SMILES string of the molecule is CC(CNC(=O)C1CCNC1)Cc1cccs1.Cl. The highest BCUT2D eigenvalue weighted by molar-refractivity contribution is 7.09. The highest BCUT2D eigenvalue weighted by atomic mass is 35.5. The first kappa shape index (κ1) is 15.5. The van der Waals surface area contributed by atoms with Crippen LogP contribution in [0.4, 0.5) is 0 Å². The fraction of sp³-hybridized carbons (Fsp3) is 0.615. The molecule has 0 bridgehead atoms. The number of amides is 1. The molecule has 2 heterocycles. The van der Waals surface area contributed by atoms with Crippen molar-refractivity contribution in [2.75, 3.05) is 19.6 Å². The lowest BCUT2D eigenvalue weighted by atomic mass is 10.1. The summed E-state index contributed by atoms with van der Waals surface area (Å²) in [5.41, 5.74) is 0. The van der Waals surface area contributed by atoms with E-state index in [-0.39, 0.29) is 24.2 Å². The molecule has 0 saturated carbocycles. The summed E-state index contributed by atoms with van der Waals surface area (Å²) in [7, 11) is 0. The van der Waals surface area contributed by atoms with Crippen LogP contribution in [0.25, 0.3) is 0 Å². The predicted octanol–water partition coefficient (Wildman–Crippen LogP) is 2.07. The first-order valence-electron chi connectivity index (χ1n) is 6.26. The fourth-order valence-corrected chi connectivity index (χ4v) is 3.01. The van der Waals surface area contributed by atoms with Gasteiger partial charge in [-0.3, -0.25) is 4.79 Å². The van der Waals surface area contributed by atoms with Gasteiger partial charge in [-0.25, -0.2) is 0 Å². The van der Waals surface area contributed by atoms with Crippen LogP contribution in [-0.2, 0) is 11.2 Å². The Morgan fingerprint density at radius 1 is 1.67 bits per heavy atom. The molecular weight excluding hydrogens is 268 g/mol. The molecule has 1 amide bonds. The number of halogens is 1. The summed E-state index contributed by atoms with van der Waals surface area (Å²) in [5, 5.41) is 8.38. The summed E-state index contributed by atoms with van der Waals surface area (Å²) in [5.74, 6) is 0.906. The van der Waals surface area contributed by atoms with Crippen molar-refractivity contribution in [1.82, 2.24) is 10.6 Å². The molecule has 102 valence electrons. The second-order valence-electron chi connectivity index (χ2n) is 4.82. The minimum Gasteiger partial charge on any atom is -0.356 e. The van der Waals surface area contributed by atoms with Crippen molar-refractivity contribution in [3.8, 4) is 0 Å². The van der Waals surface area contributed by atoms with Gasteiger partial charge in [-0.15, -0.1) is 23.7 Å². The summed E-state index contributed by atoms with van der Waals surface area (Å²) in [6.45, 7) is 4.79. The minimum absolute atomic E-state index is 0. The molecule has 1 aliphatic rings. The fourth-order valence-electron chi connectivity index (χ4n) is 2.14. The van der Waals surface area contributed by atoms with Crippen LogP contribution in [0.2, 0.25) is 0 Å². The topological polar surface area (TPSA) is 41.1 Å². The molecule has 0 aliphatic carbocycles. The first-order chi connectivity index (χ1) is 8.25. The van der Waals surface area contributed by atoms with E-state index in [0.29, 0.717) is 5.92 Å². The first-order valence-corrected chi connectivity index (χ1v) is 7.14. The Balaban J connectivity index is 0.00000162. The quantitative estimate of drug-likeness (QED) is 0.871. The van der Waals surface area contributed by atoms with Crippen LogP contribution in [0.3, 0.4) is 0 Å². The van der Waals surface area contributed by atoms with Gasteiger partial charge in [-0.05, 0) is 36.8 Å². The molecule has 1 aromatic rings. The van der Waals surface area contributed by atoms with Crippen molar-refractivity contribution in [1.29, 1.82) is 0 Å². The largest absolute Gasteiger partial charge is 0.356 e. The Hall–Kier alpha value is -0.580. The molecule has 2 N–H and O–H groups in total. The van der Waals surface area contributed by atoms with Crippen molar-refractivity contribution in [2.24, 2.45) is 11.8 Å². The molecule has 1 fully saturated rings. The number of hydrogen-bond acceptors (Lipinski definition) is 3. The molecule has 1 aromatic heterocycles. The van der Waals surface area contributed by atoms with E-state index in [4.69, 9.17) is 0 Å². The Morgan fingerprint density at radius 3 is 3.11 bits per heavy atom. The summed E-state index contributed by atoms with van der Waals surface area (Å²) in [6, 6.07) is 4.24. The lowest BCUT2D eigenvalue weighted by molar-refractivity contribution is -0.124. The standard InChI is InChI=1S/C13H20N2OS.ClH/c1-10(7-12-3-2-6-17-12)8-15-13(16)11-4-5-14-9-11;/h2-3,6,10-11,14H,4-5,7-9H2,1H3,(H,15,16);1H. The summed E-state index contributed by atoms with van der Waals surface area (Å²) in [6.07, 6.45) is 2.03. The predicted molar refractivity (Wildman–Crippen MR) is 78.4 cm³/mol. The van der Waals surface area contributed by atoms with E-state index in [1.54, 1.807) is 11.3 Å². The number of carbonyl (C=O) groups excluding carboxylic acids is 1. The highest BCUT2D eigenvalue weighted by Gasteiger charge is 2.22. The average Bonchev–Trinajstić information content (AvgIpc) is 2.97. The van der Waals surface area contributed by atoms with Gasteiger partial charge >= 0.3 is 0 Å². The number of hydrogen-bond donors (Lipinski definition) is 2. The zero-order chi connectivity index (χ0) is 12.1. The van der Waals surface area contributed by atoms with Crippen molar-refractivity contribution in [3.05, 3.63) is 22.4 Å². The molecule has 3 nitrogen and oxygen atoms in total. The maximum Gasteiger partial charge on any atom is 0.224 e. The third-order valence-electron chi connectivity index (χ3n) is 3.19. The Morgan fingerprint density at radius 2 is 2.50 bits per heavy atom. The van der Waals surface area contributed by atoms with Gasteiger partial charge in [0.25, 0.3) is 0 Å². The van der Waals surface area contributed by atoms with E-state index in [1.807, 2.05) is 0 Å². The number of nitrogens with one attached hydrogen (secondary N) is 2. The average molecular weight is 289 g/mol. The van der Waals surface area contributed by atoms with Crippen LogP contribution >= 0.6 is 23.7 Å². The van der Waals surface area contributed by atoms with Gasteiger partial charge in [0, 0.05) is 18.0 Å². The Bertz CT molecular complexity index is 350. The van der Waals surface area contributed by atoms with Gasteiger partial charge in [0.2, 0.25) is 5.91 Å². The molecule has 1 saturated heterocycles. The van der Waals surface area contributed by atoms with Gasteiger partial charge < -0.3 is 10.6 Å². The van der Waals surface area contributed by atoms with E-state index >= 15 is 0 Å². The number of rotatable bonds is 5. The summed E-state index contributed by atoms with van der Waals surface area (Å²) < 4.78 is 0. The normalized spacial score (nSPS) is 20.2. The molecule has 2 atom stereocenters. The van der Waals surface area contributed by atoms with Crippen LogP contribution < -0.4 is 10.6 Å². The minimum atomic E-state index is 0. The molecule has 0 spiro atoms. The van der Waals surface area contributed by atoms with E-state index in [1.165, 1.54) is 4.88 Å². The molecule has 5 heteroatoms. The van der Waals surface area contributed by atoms with Crippen LogP contribution in [0.5, 0.6) is 0 Å². The summed E-state index contributed by atoms with van der Waals surface area (Å²) in [4.78, 5) is 13.2. The van der Waals surface area contributed by atoms with Crippen molar-refractivity contribution < 1.29 is 4.79 Å². The summed E-state index contributed by atoms with van der Waals surface area (Å²) >= 11 is 1.79. The third kappa shape index (κ3) is 4.59. The van der Waals surface area contributed by atoms with E-state index in [9.17, 15) is 4.79 Å². The zero-order valence-electron chi connectivity index (χ0n) is 10.6. The van der Waals surface area contributed by atoms with Crippen LogP contribution in [0.15, 0.2) is 17.5 Å². The van der Waals surface area contributed by atoms with Crippen molar-refractivity contribution in [2.45, 2.75) is 19.8 Å². The highest BCUT2D eigenvalue weighted by Crippen LogP contribution is 2.14.